The van der Waals surface area contributed by atoms with Gasteiger partial charge < -0.3 is 16.6 Å². The molecular formula is C20H43N3O2. The molecule has 0 aliphatic heterocycles. The minimum atomic E-state index is -0.917. The fraction of sp³-hybridized carbons (Fsp3) is 0.950. The Bertz CT molecular complexity index is 330. The highest BCUT2D eigenvalue weighted by molar-refractivity contribution is 5.78. The zero-order valence-electron chi connectivity index (χ0n) is 17.0. The van der Waals surface area contributed by atoms with Crippen molar-refractivity contribution in [2.24, 2.45) is 23.3 Å². The minimum Gasteiger partial charge on any atom is -0.480 e. The number of unbranched alkanes of at least 4 members (excludes halogenated alkanes) is 2. The van der Waals surface area contributed by atoms with Crippen molar-refractivity contribution in [1.82, 2.24) is 5.32 Å². The quantitative estimate of drug-likeness (QED) is 0.314. The fourth-order valence-corrected chi connectivity index (χ4v) is 3.66. The van der Waals surface area contributed by atoms with Gasteiger partial charge in [0.15, 0.2) is 0 Å². The fourth-order valence-electron chi connectivity index (χ4n) is 3.66. The van der Waals surface area contributed by atoms with Crippen molar-refractivity contribution in [2.45, 2.75) is 104 Å². The number of aliphatic carboxylic acids is 1. The number of nitrogens with two attached hydrogens (primary N) is 2. The Labute approximate surface area is 155 Å². The molecule has 0 saturated heterocycles. The summed E-state index contributed by atoms with van der Waals surface area (Å²) in [6.07, 6.45) is 9.57. The van der Waals surface area contributed by atoms with Crippen LogP contribution in [0.4, 0.5) is 0 Å². The molecule has 0 fully saturated rings. The minimum absolute atomic E-state index is 0.334. The molecule has 5 heteroatoms. The van der Waals surface area contributed by atoms with Gasteiger partial charge in [0.05, 0.1) is 6.17 Å². The number of hydrogen-bond donors (Lipinski definition) is 4. The largest absolute Gasteiger partial charge is 0.480 e. The van der Waals surface area contributed by atoms with E-state index >= 15 is 0 Å². The summed E-state index contributed by atoms with van der Waals surface area (Å²) in [5, 5.41) is 13.4. The molecule has 2 atom stereocenters. The van der Waals surface area contributed by atoms with Crippen LogP contribution in [0.3, 0.4) is 0 Å². The van der Waals surface area contributed by atoms with Gasteiger partial charge >= 0.3 is 5.97 Å². The molecule has 5 nitrogen and oxygen atoms in total. The highest BCUT2D eigenvalue weighted by Gasteiger charge is 2.41. The number of carboxylic acid groups (broad SMARTS) is 1. The van der Waals surface area contributed by atoms with Gasteiger partial charge in [-0.25, -0.2) is 0 Å². The van der Waals surface area contributed by atoms with E-state index in [1.807, 2.05) is 0 Å². The van der Waals surface area contributed by atoms with E-state index in [0.29, 0.717) is 31.2 Å². The highest BCUT2D eigenvalue weighted by atomic mass is 16.4. The average Bonchev–Trinajstić information content (AvgIpc) is 2.59. The van der Waals surface area contributed by atoms with Crippen LogP contribution in [0.15, 0.2) is 0 Å². The predicted molar refractivity (Wildman–Crippen MR) is 106 cm³/mol. The Kier molecular flexibility index (Phi) is 13.2. The molecule has 6 N–H and O–H groups in total. The van der Waals surface area contributed by atoms with Crippen LogP contribution in [0.1, 0.15) is 91.9 Å². The van der Waals surface area contributed by atoms with Crippen molar-refractivity contribution in [3.05, 3.63) is 0 Å². The molecule has 0 aliphatic rings. The summed E-state index contributed by atoms with van der Waals surface area (Å²) >= 11 is 0. The van der Waals surface area contributed by atoms with Crippen molar-refractivity contribution in [3.63, 3.8) is 0 Å². The van der Waals surface area contributed by atoms with E-state index in [9.17, 15) is 9.90 Å². The van der Waals surface area contributed by atoms with Crippen LogP contribution in [0, 0.1) is 11.8 Å². The molecule has 0 aliphatic carbocycles. The number of nitrogens with one attached hydrogen (secondary N) is 1. The molecule has 2 unspecified atom stereocenters. The van der Waals surface area contributed by atoms with Crippen molar-refractivity contribution in [1.29, 1.82) is 0 Å². The van der Waals surface area contributed by atoms with E-state index in [1.165, 1.54) is 0 Å². The van der Waals surface area contributed by atoms with E-state index in [2.05, 4.69) is 33.0 Å². The number of carbonyl (C=O) groups is 1. The second kappa shape index (κ2) is 13.5. The third-order valence-electron chi connectivity index (χ3n) is 5.45. The number of rotatable bonds is 16. The Balaban J connectivity index is 5.35. The van der Waals surface area contributed by atoms with E-state index in [4.69, 9.17) is 11.5 Å². The molecule has 0 spiro atoms. The molecule has 0 saturated carbocycles. The lowest BCUT2D eigenvalue weighted by atomic mass is 9.76. The molecule has 0 heterocycles. The zero-order chi connectivity index (χ0) is 19.3. The third kappa shape index (κ3) is 9.57. The van der Waals surface area contributed by atoms with Gasteiger partial charge in [-0.1, -0.05) is 79.1 Å². The smallest absolute Gasteiger partial charge is 0.323 e. The lowest BCUT2D eigenvalue weighted by Crippen LogP contribution is -2.58. The molecular weight excluding hydrogens is 314 g/mol. The summed E-state index contributed by atoms with van der Waals surface area (Å²) in [6.45, 7) is 9.02. The van der Waals surface area contributed by atoms with Crippen LogP contribution in [-0.2, 0) is 4.79 Å². The van der Waals surface area contributed by atoms with Gasteiger partial charge in [0.25, 0.3) is 0 Å². The molecule has 150 valence electrons. The maximum atomic E-state index is 12.3. The maximum absolute atomic E-state index is 12.3. The standard InChI is InChI=1S/C20H43N3O2/c1-5-9-11-16(7-3)13-20(19(24)25,23-15-18(21)22)14-17(8-4)12-10-6-2/h16-18,23H,5-15,21-22H2,1-4H3,(H,24,25). The SMILES string of the molecule is CCCCC(CC)CC(CC(CC)CCCC)(NCC(N)N)C(=O)O. The van der Waals surface area contributed by atoms with Gasteiger partial charge in [-0.15, -0.1) is 0 Å². The third-order valence-corrected chi connectivity index (χ3v) is 5.45. The van der Waals surface area contributed by atoms with E-state index < -0.39 is 17.7 Å². The Hall–Kier alpha value is -0.650. The monoisotopic (exact) mass is 357 g/mol. The van der Waals surface area contributed by atoms with Gasteiger partial charge in [-0.2, -0.15) is 0 Å². The van der Waals surface area contributed by atoms with Crippen LogP contribution in [0.2, 0.25) is 0 Å². The molecule has 0 aromatic rings. The van der Waals surface area contributed by atoms with Crippen LogP contribution < -0.4 is 16.8 Å². The molecule has 0 aromatic heterocycles. The summed E-state index contributed by atoms with van der Waals surface area (Å²) in [6, 6.07) is 0. The lowest BCUT2D eigenvalue weighted by molar-refractivity contribution is -0.147. The summed E-state index contributed by atoms with van der Waals surface area (Å²) < 4.78 is 0. The number of hydrogen-bond acceptors (Lipinski definition) is 4. The van der Waals surface area contributed by atoms with Crippen LogP contribution in [-0.4, -0.2) is 29.3 Å². The Morgan fingerprint density at radius 1 is 0.960 bits per heavy atom. The van der Waals surface area contributed by atoms with E-state index in [0.717, 1.165) is 51.4 Å². The topological polar surface area (TPSA) is 101 Å². The van der Waals surface area contributed by atoms with Crippen molar-refractivity contribution >= 4 is 5.97 Å². The van der Waals surface area contributed by atoms with Crippen molar-refractivity contribution < 1.29 is 9.90 Å². The summed E-state index contributed by atoms with van der Waals surface area (Å²) in [4.78, 5) is 12.3. The molecule has 0 aromatic carbocycles. The second-order valence-electron chi connectivity index (χ2n) is 7.67. The summed E-state index contributed by atoms with van der Waals surface area (Å²) in [7, 11) is 0. The van der Waals surface area contributed by atoms with Gasteiger partial charge in [0, 0.05) is 6.54 Å². The maximum Gasteiger partial charge on any atom is 0.323 e. The van der Waals surface area contributed by atoms with Gasteiger partial charge in [0.2, 0.25) is 0 Å². The molecule has 0 radical (unpaired) electrons. The predicted octanol–water partition coefficient (Wildman–Crippen LogP) is 3.86. The highest BCUT2D eigenvalue weighted by Crippen LogP contribution is 2.32. The molecule has 0 amide bonds. The van der Waals surface area contributed by atoms with E-state index in [-0.39, 0.29) is 0 Å². The van der Waals surface area contributed by atoms with Crippen LogP contribution in [0.5, 0.6) is 0 Å². The second-order valence-corrected chi connectivity index (χ2v) is 7.67. The first kappa shape index (κ1) is 24.4. The zero-order valence-corrected chi connectivity index (χ0v) is 17.0. The average molecular weight is 358 g/mol. The number of carboxylic acids is 1. The van der Waals surface area contributed by atoms with Gasteiger partial charge in [-0.05, 0) is 24.7 Å². The van der Waals surface area contributed by atoms with E-state index in [1.54, 1.807) is 0 Å². The Morgan fingerprint density at radius 2 is 1.40 bits per heavy atom. The lowest BCUT2D eigenvalue weighted by Gasteiger charge is -2.37. The van der Waals surface area contributed by atoms with Crippen molar-refractivity contribution in [2.75, 3.05) is 6.54 Å². The summed E-state index contributed by atoms with van der Waals surface area (Å²) in [5.41, 5.74) is 10.5. The molecule has 0 bridgehead atoms. The summed E-state index contributed by atoms with van der Waals surface area (Å²) in [5.74, 6) is 0.0838. The normalized spacial score (nSPS) is 16.6. The Morgan fingerprint density at radius 3 is 1.68 bits per heavy atom. The van der Waals surface area contributed by atoms with Crippen LogP contribution >= 0.6 is 0 Å². The first-order chi connectivity index (χ1) is 11.8. The first-order valence-corrected chi connectivity index (χ1v) is 10.3. The van der Waals surface area contributed by atoms with Gasteiger partial charge in [0.1, 0.15) is 5.54 Å². The van der Waals surface area contributed by atoms with Crippen LogP contribution in [0.25, 0.3) is 0 Å². The van der Waals surface area contributed by atoms with Crippen molar-refractivity contribution in [3.8, 4) is 0 Å². The van der Waals surface area contributed by atoms with Gasteiger partial charge in [-0.3, -0.25) is 10.1 Å². The first-order valence-electron chi connectivity index (χ1n) is 10.3. The molecule has 25 heavy (non-hydrogen) atoms. The molecule has 0 rings (SSSR count).